The molecule has 0 bridgehead atoms. The van der Waals surface area contributed by atoms with Gasteiger partial charge in [-0.25, -0.2) is 0 Å². The Labute approximate surface area is 143 Å². The first-order chi connectivity index (χ1) is 11.2. The van der Waals surface area contributed by atoms with Crippen molar-refractivity contribution in [1.29, 1.82) is 0 Å². The number of nitrogens with one attached hydrogen (secondary N) is 1. The molecule has 0 unspecified atom stereocenters. The summed E-state index contributed by atoms with van der Waals surface area (Å²) in [5, 5.41) is 15.0. The number of halogens is 1. The monoisotopic (exact) mass is 378 g/mol. The standard InChI is InChI=1S/C17H19BrN2O3/c18-15-13-4-2-1-3-12(13)11-14(16(15)21)17(22)19-5-6-20-7-9-23-10-8-20/h1-4,11,21H,5-10H2,(H,19,22). The number of fused-ring (bicyclic) bond motifs is 1. The molecule has 2 N–H and O–H groups in total. The highest BCUT2D eigenvalue weighted by Gasteiger charge is 2.17. The van der Waals surface area contributed by atoms with Gasteiger partial charge in [-0.2, -0.15) is 0 Å². The Kier molecular flexibility index (Phi) is 5.15. The van der Waals surface area contributed by atoms with E-state index < -0.39 is 0 Å². The van der Waals surface area contributed by atoms with Crippen molar-refractivity contribution in [3.63, 3.8) is 0 Å². The fourth-order valence-corrected chi connectivity index (χ4v) is 3.29. The maximum atomic E-state index is 12.4. The van der Waals surface area contributed by atoms with E-state index in [1.54, 1.807) is 6.07 Å². The number of ether oxygens (including phenoxy) is 1. The van der Waals surface area contributed by atoms with Gasteiger partial charge in [0.2, 0.25) is 0 Å². The minimum atomic E-state index is -0.262. The molecular weight excluding hydrogens is 360 g/mol. The number of hydrogen-bond acceptors (Lipinski definition) is 4. The lowest BCUT2D eigenvalue weighted by atomic mass is 10.1. The summed E-state index contributed by atoms with van der Waals surface area (Å²) in [4.78, 5) is 14.6. The molecule has 122 valence electrons. The van der Waals surface area contributed by atoms with Gasteiger partial charge in [-0.05, 0) is 32.8 Å². The number of carbonyl (C=O) groups excluding carboxylic acids is 1. The molecule has 1 heterocycles. The number of nitrogens with zero attached hydrogens (tertiary/aromatic N) is 1. The van der Waals surface area contributed by atoms with Crippen molar-refractivity contribution in [2.75, 3.05) is 39.4 Å². The number of phenolic OH excluding ortho intramolecular Hbond substituents is 1. The van der Waals surface area contributed by atoms with Gasteiger partial charge >= 0.3 is 0 Å². The van der Waals surface area contributed by atoms with Gasteiger partial charge in [-0.1, -0.05) is 24.3 Å². The molecule has 3 rings (SSSR count). The smallest absolute Gasteiger partial charge is 0.255 e. The molecule has 0 spiro atoms. The van der Waals surface area contributed by atoms with Gasteiger partial charge in [0.05, 0.1) is 23.2 Å². The Morgan fingerprint density at radius 2 is 2.04 bits per heavy atom. The molecule has 5 nitrogen and oxygen atoms in total. The average Bonchev–Trinajstić information content (AvgIpc) is 2.59. The van der Waals surface area contributed by atoms with E-state index in [0.717, 1.165) is 43.6 Å². The largest absolute Gasteiger partial charge is 0.506 e. The van der Waals surface area contributed by atoms with Crippen LogP contribution in [0.5, 0.6) is 5.75 Å². The molecule has 0 aliphatic carbocycles. The van der Waals surface area contributed by atoms with Crippen molar-refractivity contribution in [1.82, 2.24) is 10.2 Å². The number of rotatable bonds is 4. The molecule has 23 heavy (non-hydrogen) atoms. The fourth-order valence-electron chi connectivity index (χ4n) is 2.71. The van der Waals surface area contributed by atoms with Gasteiger partial charge in [-0.15, -0.1) is 0 Å². The second-order valence-electron chi connectivity index (χ2n) is 5.52. The van der Waals surface area contributed by atoms with Gasteiger partial charge in [-0.3, -0.25) is 9.69 Å². The lowest BCUT2D eigenvalue weighted by molar-refractivity contribution is 0.0383. The zero-order valence-electron chi connectivity index (χ0n) is 12.7. The Morgan fingerprint density at radius 1 is 1.30 bits per heavy atom. The van der Waals surface area contributed by atoms with Crippen LogP contribution in [0.3, 0.4) is 0 Å². The summed E-state index contributed by atoms with van der Waals surface area (Å²) in [6.45, 7) is 4.59. The summed E-state index contributed by atoms with van der Waals surface area (Å²) in [5.41, 5.74) is 0.289. The summed E-state index contributed by atoms with van der Waals surface area (Å²) >= 11 is 3.38. The first kappa shape index (κ1) is 16.2. The van der Waals surface area contributed by atoms with E-state index in [1.165, 1.54) is 0 Å². The number of aromatic hydroxyl groups is 1. The van der Waals surface area contributed by atoms with Crippen LogP contribution in [0.25, 0.3) is 10.8 Å². The van der Waals surface area contributed by atoms with Gasteiger partial charge in [0.15, 0.2) is 0 Å². The first-order valence-corrected chi connectivity index (χ1v) is 8.44. The predicted molar refractivity (Wildman–Crippen MR) is 92.9 cm³/mol. The highest BCUT2D eigenvalue weighted by Crippen LogP contribution is 2.35. The summed E-state index contributed by atoms with van der Waals surface area (Å²) in [7, 11) is 0. The highest BCUT2D eigenvalue weighted by atomic mass is 79.9. The molecule has 6 heteroatoms. The number of morpholine rings is 1. The number of amides is 1. The molecule has 0 saturated carbocycles. The molecule has 1 amide bonds. The van der Waals surface area contributed by atoms with E-state index in [9.17, 15) is 9.90 Å². The van der Waals surface area contributed by atoms with Crippen LogP contribution >= 0.6 is 15.9 Å². The zero-order valence-corrected chi connectivity index (χ0v) is 14.3. The van der Waals surface area contributed by atoms with Crippen LogP contribution in [0.15, 0.2) is 34.8 Å². The van der Waals surface area contributed by atoms with Gasteiger partial charge in [0.25, 0.3) is 5.91 Å². The maximum Gasteiger partial charge on any atom is 0.255 e. The van der Waals surface area contributed by atoms with Crippen LogP contribution in [-0.4, -0.2) is 55.3 Å². The number of phenols is 1. The van der Waals surface area contributed by atoms with Crippen molar-refractivity contribution in [3.05, 3.63) is 40.4 Å². The third kappa shape index (κ3) is 3.65. The Morgan fingerprint density at radius 3 is 2.83 bits per heavy atom. The summed E-state index contributed by atoms with van der Waals surface area (Å²) in [6, 6.07) is 9.35. The number of hydrogen-bond donors (Lipinski definition) is 2. The number of carbonyl (C=O) groups is 1. The van der Waals surface area contributed by atoms with E-state index in [4.69, 9.17) is 4.74 Å². The molecule has 1 aliphatic rings. The molecule has 2 aromatic carbocycles. The SMILES string of the molecule is O=C(NCCN1CCOCC1)c1cc2ccccc2c(Br)c1O. The molecule has 1 fully saturated rings. The van der Waals surface area contributed by atoms with Crippen molar-refractivity contribution in [3.8, 4) is 5.75 Å². The summed E-state index contributed by atoms with van der Waals surface area (Å²) in [5.74, 6) is -0.283. The van der Waals surface area contributed by atoms with E-state index in [2.05, 4.69) is 26.1 Å². The van der Waals surface area contributed by atoms with Crippen molar-refractivity contribution < 1.29 is 14.6 Å². The van der Waals surface area contributed by atoms with E-state index in [-0.39, 0.29) is 17.2 Å². The van der Waals surface area contributed by atoms with Crippen LogP contribution in [-0.2, 0) is 4.74 Å². The van der Waals surface area contributed by atoms with Crippen molar-refractivity contribution >= 4 is 32.6 Å². The van der Waals surface area contributed by atoms with E-state index in [0.29, 0.717) is 11.0 Å². The molecule has 1 aliphatic heterocycles. The first-order valence-electron chi connectivity index (χ1n) is 7.65. The molecule has 0 radical (unpaired) electrons. The van der Waals surface area contributed by atoms with Gasteiger partial charge in [0, 0.05) is 26.2 Å². The minimum absolute atomic E-state index is 0.0208. The summed E-state index contributed by atoms with van der Waals surface area (Å²) in [6.07, 6.45) is 0. The van der Waals surface area contributed by atoms with E-state index in [1.807, 2.05) is 24.3 Å². The van der Waals surface area contributed by atoms with E-state index >= 15 is 0 Å². The second kappa shape index (κ2) is 7.29. The zero-order chi connectivity index (χ0) is 16.2. The van der Waals surface area contributed by atoms with Gasteiger partial charge < -0.3 is 15.2 Å². The quantitative estimate of drug-likeness (QED) is 0.857. The average molecular weight is 379 g/mol. The second-order valence-corrected chi connectivity index (χ2v) is 6.31. The Hall–Kier alpha value is -1.63. The van der Waals surface area contributed by atoms with Crippen LogP contribution in [0.1, 0.15) is 10.4 Å². The fraction of sp³-hybridized carbons (Fsp3) is 0.353. The molecule has 2 aromatic rings. The van der Waals surface area contributed by atoms with Crippen LogP contribution < -0.4 is 5.32 Å². The minimum Gasteiger partial charge on any atom is -0.506 e. The summed E-state index contributed by atoms with van der Waals surface area (Å²) < 4.78 is 5.85. The lowest BCUT2D eigenvalue weighted by Crippen LogP contribution is -2.41. The third-order valence-electron chi connectivity index (χ3n) is 4.02. The lowest BCUT2D eigenvalue weighted by Gasteiger charge is -2.26. The van der Waals surface area contributed by atoms with Crippen molar-refractivity contribution in [2.24, 2.45) is 0 Å². The molecule has 0 aromatic heterocycles. The van der Waals surface area contributed by atoms with Crippen LogP contribution in [0.4, 0.5) is 0 Å². The van der Waals surface area contributed by atoms with Crippen molar-refractivity contribution in [2.45, 2.75) is 0 Å². The Bertz CT molecular complexity index is 714. The maximum absolute atomic E-state index is 12.4. The third-order valence-corrected chi connectivity index (χ3v) is 4.82. The van der Waals surface area contributed by atoms with Gasteiger partial charge in [0.1, 0.15) is 5.75 Å². The normalized spacial score (nSPS) is 15.7. The Balaban J connectivity index is 1.69. The van der Waals surface area contributed by atoms with Crippen LogP contribution in [0, 0.1) is 0 Å². The molecule has 1 saturated heterocycles. The molecular formula is C17H19BrN2O3. The topological polar surface area (TPSA) is 61.8 Å². The predicted octanol–water partition coefficient (Wildman–Crippen LogP) is 2.37. The highest BCUT2D eigenvalue weighted by molar-refractivity contribution is 9.10. The molecule has 0 atom stereocenters. The van der Waals surface area contributed by atoms with Crippen LogP contribution in [0.2, 0.25) is 0 Å². The number of benzene rings is 2.